The van der Waals surface area contributed by atoms with Crippen molar-refractivity contribution in [3.8, 4) is 0 Å². The predicted molar refractivity (Wildman–Crippen MR) is 60.9 cm³/mol. The second kappa shape index (κ2) is 6.03. The Morgan fingerprint density at radius 1 is 1.47 bits per heavy atom. The average Bonchev–Trinajstić information content (AvgIpc) is 2.14. The Labute approximate surface area is 95.8 Å². The molecule has 3 nitrogen and oxygen atoms in total. The van der Waals surface area contributed by atoms with Crippen LogP contribution in [0.25, 0.3) is 0 Å². The fourth-order valence-electron chi connectivity index (χ4n) is 1.36. The zero-order valence-corrected chi connectivity index (χ0v) is 10.2. The number of ether oxygens (including phenoxy) is 1. The molecule has 1 rings (SSSR count). The molecule has 0 N–H and O–H groups in total. The normalized spacial score (nSPS) is 12.8. The highest BCUT2D eigenvalue weighted by Crippen LogP contribution is 2.09. The first kappa shape index (κ1) is 12.4. The Hall–Kier alpha value is -0.670. The molecular weight excluding hydrogens is 212 g/mol. The molecule has 0 bridgehead atoms. The van der Waals surface area contributed by atoms with Gasteiger partial charge in [-0.3, -0.25) is 0 Å². The molecule has 1 aromatic rings. The third-order valence-electron chi connectivity index (χ3n) is 2.06. The van der Waals surface area contributed by atoms with E-state index in [1.807, 2.05) is 6.92 Å². The highest BCUT2D eigenvalue weighted by molar-refractivity contribution is 6.29. The first-order valence-corrected chi connectivity index (χ1v) is 5.61. The van der Waals surface area contributed by atoms with Crippen molar-refractivity contribution in [2.75, 3.05) is 0 Å². The molecule has 15 heavy (non-hydrogen) atoms. The monoisotopic (exact) mass is 228 g/mol. The molecule has 0 spiro atoms. The zero-order valence-electron chi connectivity index (χ0n) is 9.46. The molecule has 0 fully saturated rings. The minimum atomic E-state index is 0.248. The van der Waals surface area contributed by atoms with Crippen LogP contribution in [0, 0.1) is 6.92 Å². The minimum Gasteiger partial charge on any atom is -0.371 e. The smallest absolute Gasteiger partial charge is 0.155 e. The van der Waals surface area contributed by atoms with Gasteiger partial charge in [-0.2, -0.15) is 0 Å². The summed E-state index contributed by atoms with van der Waals surface area (Å²) in [6, 6.07) is 1.74. The summed E-state index contributed by atoms with van der Waals surface area (Å²) in [5, 5.41) is 0.476. The highest BCUT2D eigenvalue weighted by atomic mass is 35.5. The highest BCUT2D eigenvalue weighted by Gasteiger charge is 2.04. The number of nitrogens with zero attached hydrogens (tertiary/aromatic N) is 2. The average molecular weight is 229 g/mol. The maximum atomic E-state index is 5.82. The third-order valence-corrected chi connectivity index (χ3v) is 2.26. The maximum Gasteiger partial charge on any atom is 0.155 e. The SMILES string of the molecule is CCCC(C)OCc1nc(C)cc(Cl)n1. The van der Waals surface area contributed by atoms with Gasteiger partial charge in [-0.1, -0.05) is 24.9 Å². The molecule has 0 aromatic carbocycles. The van der Waals surface area contributed by atoms with E-state index in [0.717, 1.165) is 18.5 Å². The van der Waals surface area contributed by atoms with Crippen molar-refractivity contribution in [3.05, 3.63) is 22.7 Å². The number of rotatable bonds is 5. The van der Waals surface area contributed by atoms with Crippen molar-refractivity contribution in [2.24, 2.45) is 0 Å². The van der Waals surface area contributed by atoms with E-state index in [4.69, 9.17) is 16.3 Å². The van der Waals surface area contributed by atoms with Gasteiger partial charge in [-0.05, 0) is 26.3 Å². The van der Waals surface area contributed by atoms with E-state index in [-0.39, 0.29) is 6.10 Å². The van der Waals surface area contributed by atoms with Crippen LogP contribution in [0.1, 0.15) is 38.2 Å². The number of hydrogen-bond acceptors (Lipinski definition) is 3. The number of halogens is 1. The Kier molecular flexibility index (Phi) is 4.99. The summed E-state index contributed by atoms with van der Waals surface area (Å²) >= 11 is 5.82. The molecule has 1 unspecified atom stereocenters. The largest absolute Gasteiger partial charge is 0.371 e. The quantitative estimate of drug-likeness (QED) is 0.727. The molecule has 0 radical (unpaired) electrons. The molecule has 0 aliphatic heterocycles. The lowest BCUT2D eigenvalue weighted by Crippen LogP contribution is -2.09. The zero-order chi connectivity index (χ0) is 11.3. The second-order valence-corrected chi connectivity index (χ2v) is 4.05. The van der Waals surface area contributed by atoms with E-state index >= 15 is 0 Å². The van der Waals surface area contributed by atoms with Crippen molar-refractivity contribution in [1.82, 2.24) is 9.97 Å². The van der Waals surface area contributed by atoms with E-state index in [0.29, 0.717) is 17.6 Å². The van der Waals surface area contributed by atoms with Gasteiger partial charge in [0.1, 0.15) is 11.8 Å². The van der Waals surface area contributed by atoms with E-state index in [1.54, 1.807) is 6.07 Å². The van der Waals surface area contributed by atoms with Gasteiger partial charge in [0.05, 0.1) is 6.10 Å². The summed E-state index contributed by atoms with van der Waals surface area (Å²) in [4.78, 5) is 8.34. The first-order valence-electron chi connectivity index (χ1n) is 5.23. The van der Waals surface area contributed by atoms with Crippen molar-refractivity contribution in [1.29, 1.82) is 0 Å². The lowest BCUT2D eigenvalue weighted by atomic mass is 10.2. The fourth-order valence-corrected chi connectivity index (χ4v) is 1.62. The second-order valence-electron chi connectivity index (χ2n) is 3.66. The molecule has 0 aliphatic rings. The van der Waals surface area contributed by atoms with Gasteiger partial charge in [-0.25, -0.2) is 9.97 Å². The van der Waals surface area contributed by atoms with Crippen LogP contribution < -0.4 is 0 Å². The van der Waals surface area contributed by atoms with Crippen LogP contribution in [0.3, 0.4) is 0 Å². The van der Waals surface area contributed by atoms with E-state index in [9.17, 15) is 0 Å². The Balaban J connectivity index is 2.50. The molecule has 0 amide bonds. The van der Waals surface area contributed by atoms with Gasteiger partial charge in [0.15, 0.2) is 5.82 Å². The Bertz CT molecular complexity index is 297. The topological polar surface area (TPSA) is 35.0 Å². The van der Waals surface area contributed by atoms with Gasteiger partial charge in [0.25, 0.3) is 0 Å². The van der Waals surface area contributed by atoms with Crippen LogP contribution in [0.4, 0.5) is 0 Å². The fraction of sp³-hybridized carbons (Fsp3) is 0.636. The molecule has 1 aromatic heterocycles. The molecular formula is C11H17ClN2O. The molecule has 0 aliphatic carbocycles. The van der Waals surface area contributed by atoms with Crippen LogP contribution in [0.5, 0.6) is 0 Å². The van der Waals surface area contributed by atoms with Crippen LogP contribution >= 0.6 is 11.6 Å². The van der Waals surface area contributed by atoms with Gasteiger partial charge in [-0.15, -0.1) is 0 Å². The van der Waals surface area contributed by atoms with Crippen LogP contribution in [-0.2, 0) is 11.3 Å². The summed E-state index contributed by atoms with van der Waals surface area (Å²) in [7, 11) is 0. The van der Waals surface area contributed by atoms with Crippen molar-refractivity contribution in [2.45, 2.75) is 46.3 Å². The van der Waals surface area contributed by atoms with Gasteiger partial charge in [0.2, 0.25) is 0 Å². The van der Waals surface area contributed by atoms with Crippen molar-refractivity contribution in [3.63, 3.8) is 0 Å². The molecule has 84 valence electrons. The van der Waals surface area contributed by atoms with Crippen molar-refractivity contribution < 1.29 is 4.74 Å². The molecule has 1 atom stereocenters. The van der Waals surface area contributed by atoms with E-state index in [2.05, 4.69) is 23.8 Å². The van der Waals surface area contributed by atoms with E-state index in [1.165, 1.54) is 0 Å². The number of hydrogen-bond donors (Lipinski definition) is 0. The Morgan fingerprint density at radius 2 is 2.20 bits per heavy atom. The molecule has 0 saturated carbocycles. The molecule has 4 heteroatoms. The lowest BCUT2D eigenvalue weighted by molar-refractivity contribution is 0.0431. The van der Waals surface area contributed by atoms with Gasteiger partial charge < -0.3 is 4.74 Å². The standard InChI is InChI=1S/C11H17ClN2O/c1-4-5-9(3)15-7-11-13-8(2)6-10(12)14-11/h6,9H,4-5,7H2,1-3H3. The van der Waals surface area contributed by atoms with E-state index < -0.39 is 0 Å². The molecule has 1 heterocycles. The number of aryl methyl sites for hydroxylation is 1. The van der Waals surface area contributed by atoms with Crippen LogP contribution in [-0.4, -0.2) is 16.1 Å². The first-order chi connectivity index (χ1) is 7.11. The summed E-state index contributed by atoms with van der Waals surface area (Å²) in [5.41, 5.74) is 0.872. The number of aromatic nitrogens is 2. The van der Waals surface area contributed by atoms with Crippen molar-refractivity contribution >= 4 is 11.6 Å². The summed E-state index contributed by atoms with van der Waals surface area (Å²) < 4.78 is 5.59. The van der Waals surface area contributed by atoms with Crippen LogP contribution in [0.2, 0.25) is 5.15 Å². The summed E-state index contributed by atoms with van der Waals surface area (Å²) in [5.74, 6) is 0.656. The lowest BCUT2D eigenvalue weighted by Gasteiger charge is -2.11. The van der Waals surface area contributed by atoms with Gasteiger partial charge >= 0.3 is 0 Å². The Morgan fingerprint density at radius 3 is 2.80 bits per heavy atom. The van der Waals surface area contributed by atoms with Crippen LogP contribution in [0.15, 0.2) is 6.07 Å². The summed E-state index contributed by atoms with van der Waals surface area (Å²) in [6.07, 6.45) is 2.42. The maximum absolute atomic E-state index is 5.82. The minimum absolute atomic E-state index is 0.248. The predicted octanol–water partition coefficient (Wildman–Crippen LogP) is 3.14. The molecule has 0 saturated heterocycles. The van der Waals surface area contributed by atoms with Gasteiger partial charge in [0, 0.05) is 5.69 Å². The third kappa shape index (κ3) is 4.58. The summed E-state index contributed by atoms with van der Waals surface area (Å²) in [6.45, 7) is 6.52.